The molecule has 12 heteroatoms. The van der Waals surface area contributed by atoms with Gasteiger partial charge in [-0.25, -0.2) is 14.5 Å². The van der Waals surface area contributed by atoms with Gasteiger partial charge in [0.2, 0.25) is 5.82 Å². The highest BCUT2D eigenvalue weighted by molar-refractivity contribution is 7.13. The molecule has 4 rings (SSSR count). The predicted molar refractivity (Wildman–Crippen MR) is 114 cm³/mol. The average molecular weight is 479 g/mol. The van der Waals surface area contributed by atoms with Crippen molar-refractivity contribution in [3.05, 3.63) is 53.2 Å². The van der Waals surface area contributed by atoms with Gasteiger partial charge in [0.1, 0.15) is 0 Å². The Bertz CT molecular complexity index is 1140. The smallest absolute Gasteiger partial charge is 0.416 e. The number of benzene rings is 1. The predicted octanol–water partition coefficient (Wildman–Crippen LogP) is 3.93. The van der Waals surface area contributed by atoms with Gasteiger partial charge in [0.05, 0.1) is 22.7 Å². The largest absolute Gasteiger partial charge is 0.450 e. The van der Waals surface area contributed by atoms with Crippen molar-refractivity contribution in [3.63, 3.8) is 0 Å². The molecule has 8 nitrogen and oxygen atoms in total. The first kappa shape index (κ1) is 22.8. The molecule has 0 N–H and O–H groups in total. The van der Waals surface area contributed by atoms with E-state index in [9.17, 15) is 22.8 Å². The number of ether oxygens (including phenoxy) is 1. The van der Waals surface area contributed by atoms with E-state index in [0.29, 0.717) is 18.0 Å². The Labute approximate surface area is 191 Å². The lowest BCUT2D eigenvalue weighted by atomic mass is 10.2. The number of thiophene rings is 1. The SMILES string of the molecule is CCOC(=O)N1CCN(C(=O)c2nc(-c3cccs3)n(-c3cccc(C(F)(F)F)c3)n2)CC1. The summed E-state index contributed by atoms with van der Waals surface area (Å²) in [4.78, 5) is 33.0. The number of carbonyl (C=O) groups is 2. The Morgan fingerprint density at radius 1 is 1.09 bits per heavy atom. The third-order valence-electron chi connectivity index (χ3n) is 5.05. The normalized spacial score (nSPS) is 14.4. The third kappa shape index (κ3) is 4.85. The minimum Gasteiger partial charge on any atom is -0.450 e. The van der Waals surface area contributed by atoms with Gasteiger partial charge in [0.15, 0.2) is 5.82 Å². The van der Waals surface area contributed by atoms with Gasteiger partial charge >= 0.3 is 12.3 Å². The molecule has 0 spiro atoms. The zero-order valence-corrected chi connectivity index (χ0v) is 18.4. The van der Waals surface area contributed by atoms with Crippen LogP contribution < -0.4 is 0 Å². The van der Waals surface area contributed by atoms with Crippen LogP contribution in [0.15, 0.2) is 41.8 Å². The number of alkyl halides is 3. The zero-order valence-electron chi connectivity index (χ0n) is 17.6. The van der Waals surface area contributed by atoms with E-state index in [2.05, 4.69) is 10.1 Å². The second-order valence-corrected chi connectivity index (χ2v) is 8.12. The number of piperazine rings is 1. The Balaban J connectivity index is 1.62. The van der Waals surface area contributed by atoms with E-state index in [0.717, 1.165) is 12.1 Å². The molecule has 0 aliphatic carbocycles. The van der Waals surface area contributed by atoms with E-state index in [1.54, 1.807) is 24.4 Å². The summed E-state index contributed by atoms with van der Waals surface area (Å²) >= 11 is 1.33. The quantitative estimate of drug-likeness (QED) is 0.567. The lowest BCUT2D eigenvalue weighted by Gasteiger charge is -2.33. The summed E-state index contributed by atoms with van der Waals surface area (Å²) < 4.78 is 45.9. The van der Waals surface area contributed by atoms with Crippen molar-refractivity contribution in [2.24, 2.45) is 0 Å². The maximum Gasteiger partial charge on any atom is 0.416 e. The summed E-state index contributed by atoms with van der Waals surface area (Å²) in [5.74, 6) is -0.305. The van der Waals surface area contributed by atoms with Crippen LogP contribution in [0.2, 0.25) is 0 Å². The second-order valence-electron chi connectivity index (χ2n) is 7.17. The molecule has 3 aromatic rings. The molecule has 1 aliphatic heterocycles. The van der Waals surface area contributed by atoms with Crippen LogP contribution in [0.25, 0.3) is 16.4 Å². The lowest BCUT2D eigenvalue weighted by Crippen LogP contribution is -2.51. The molecule has 3 heterocycles. The first-order valence-electron chi connectivity index (χ1n) is 10.2. The minimum atomic E-state index is -4.52. The zero-order chi connectivity index (χ0) is 23.6. The fourth-order valence-electron chi connectivity index (χ4n) is 3.41. The van der Waals surface area contributed by atoms with Crippen LogP contribution in [0.5, 0.6) is 0 Å². The molecule has 2 amide bonds. The molecule has 0 radical (unpaired) electrons. The molecule has 0 unspecified atom stereocenters. The highest BCUT2D eigenvalue weighted by Crippen LogP contribution is 2.32. The molecular formula is C21H20F3N5O3S. The molecular weight excluding hydrogens is 459 g/mol. The molecule has 0 bridgehead atoms. The van der Waals surface area contributed by atoms with Gasteiger partial charge < -0.3 is 14.5 Å². The van der Waals surface area contributed by atoms with Gasteiger partial charge in [0, 0.05) is 26.2 Å². The van der Waals surface area contributed by atoms with Crippen LogP contribution >= 0.6 is 11.3 Å². The van der Waals surface area contributed by atoms with Gasteiger partial charge in [-0.3, -0.25) is 4.79 Å². The van der Waals surface area contributed by atoms with Crippen LogP contribution in [0, 0.1) is 0 Å². The van der Waals surface area contributed by atoms with E-state index >= 15 is 0 Å². The second kappa shape index (κ2) is 9.22. The number of carbonyl (C=O) groups excluding carboxylic acids is 2. The molecule has 1 saturated heterocycles. The van der Waals surface area contributed by atoms with Gasteiger partial charge in [-0.05, 0) is 36.6 Å². The van der Waals surface area contributed by atoms with Crippen LogP contribution in [0.1, 0.15) is 23.1 Å². The van der Waals surface area contributed by atoms with Gasteiger partial charge in [0.25, 0.3) is 5.91 Å². The first-order valence-corrected chi connectivity index (χ1v) is 11.1. The van der Waals surface area contributed by atoms with Crippen molar-refractivity contribution < 1.29 is 27.5 Å². The third-order valence-corrected chi connectivity index (χ3v) is 5.92. The van der Waals surface area contributed by atoms with Crippen LogP contribution in [-0.2, 0) is 10.9 Å². The van der Waals surface area contributed by atoms with E-state index in [4.69, 9.17) is 4.74 Å². The number of rotatable bonds is 4. The van der Waals surface area contributed by atoms with Gasteiger partial charge in [-0.1, -0.05) is 12.1 Å². The average Bonchev–Trinajstić information content (AvgIpc) is 3.48. The Hall–Kier alpha value is -3.41. The summed E-state index contributed by atoms with van der Waals surface area (Å²) in [7, 11) is 0. The van der Waals surface area contributed by atoms with Crippen molar-refractivity contribution in [1.82, 2.24) is 24.6 Å². The molecule has 0 atom stereocenters. The van der Waals surface area contributed by atoms with Crippen molar-refractivity contribution in [1.29, 1.82) is 0 Å². The molecule has 33 heavy (non-hydrogen) atoms. The molecule has 1 fully saturated rings. The fraction of sp³-hybridized carbons (Fsp3) is 0.333. The van der Waals surface area contributed by atoms with E-state index in [1.807, 2.05) is 0 Å². The van der Waals surface area contributed by atoms with Gasteiger partial charge in [-0.2, -0.15) is 13.2 Å². The van der Waals surface area contributed by atoms with E-state index in [-0.39, 0.29) is 37.0 Å². The Morgan fingerprint density at radius 3 is 2.45 bits per heavy atom. The molecule has 0 saturated carbocycles. The maximum atomic E-state index is 13.2. The maximum absolute atomic E-state index is 13.2. The number of aromatic nitrogens is 3. The summed E-state index contributed by atoms with van der Waals surface area (Å²) in [6.07, 6.45) is -4.95. The fourth-order valence-corrected chi connectivity index (χ4v) is 4.11. The summed E-state index contributed by atoms with van der Waals surface area (Å²) in [6, 6.07) is 8.24. The first-order chi connectivity index (χ1) is 15.8. The Morgan fingerprint density at radius 2 is 1.82 bits per heavy atom. The van der Waals surface area contributed by atoms with E-state index in [1.165, 1.54) is 38.0 Å². The van der Waals surface area contributed by atoms with Crippen molar-refractivity contribution in [3.8, 4) is 16.4 Å². The summed E-state index contributed by atoms with van der Waals surface area (Å²) in [5, 5.41) is 6.07. The van der Waals surface area contributed by atoms with Crippen LogP contribution in [-0.4, -0.2) is 69.4 Å². The van der Waals surface area contributed by atoms with Crippen molar-refractivity contribution in [2.45, 2.75) is 13.1 Å². The topological polar surface area (TPSA) is 80.6 Å². The monoisotopic (exact) mass is 479 g/mol. The number of amides is 2. The number of nitrogens with zero attached hydrogens (tertiary/aromatic N) is 5. The standard InChI is InChI=1S/C21H20F3N5O3S/c1-2-32-20(31)28-10-8-27(9-11-28)19(30)17-25-18(16-7-4-12-33-16)29(26-17)15-6-3-5-14(13-15)21(22,23)24/h3-7,12-13H,2,8-11H2,1H3. The van der Waals surface area contributed by atoms with Crippen LogP contribution in [0.4, 0.5) is 18.0 Å². The molecule has 1 aliphatic rings. The Kier molecular flexibility index (Phi) is 6.36. The van der Waals surface area contributed by atoms with Crippen LogP contribution in [0.3, 0.4) is 0 Å². The van der Waals surface area contributed by atoms with Crippen molar-refractivity contribution >= 4 is 23.3 Å². The molecule has 2 aromatic heterocycles. The van der Waals surface area contributed by atoms with Gasteiger partial charge in [-0.15, -0.1) is 16.4 Å². The number of halogens is 3. The number of hydrogen-bond acceptors (Lipinski definition) is 6. The van der Waals surface area contributed by atoms with E-state index < -0.39 is 23.7 Å². The molecule has 1 aromatic carbocycles. The summed E-state index contributed by atoms with van der Waals surface area (Å²) in [6.45, 7) is 3.12. The highest BCUT2D eigenvalue weighted by atomic mass is 32.1. The summed E-state index contributed by atoms with van der Waals surface area (Å²) in [5.41, 5.74) is -0.678. The minimum absolute atomic E-state index is 0.125. The highest BCUT2D eigenvalue weighted by Gasteiger charge is 2.32. The van der Waals surface area contributed by atoms with Crippen molar-refractivity contribution in [2.75, 3.05) is 32.8 Å². The lowest BCUT2D eigenvalue weighted by molar-refractivity contribution is -0.137. The number of hydrogen-bond donors (Lipinski definition) is 0. The molecule has 174 valence electrons.